The lowest BCUT2D eigenvalue weighted by Crippen LogP contribution is -1.90. The minimum Gasteiger partial charge on any atom is -0.496 e. The van der Waals surface area contributed by atoms with Gasteiger partial charge >= 0.3 is 0 Å². The first-order chi connectivity index (χ1) is 7.61. The number of aromatic nitrogens is 1. The first-order valence-corrected chi connectivity index (χ1v) is 5.16. The highest BCUT2D eigenvalue weighted by molar-refractivity contribution is 9.10. The van der Waals surface area contributed by atoms with E-state index in [9.17, 15) is 4.39 Å². The van der Waals surface area contributed by atoms with Gasteiger partial charge in [-0.05, 0) is 22.0 Å². The van der Waals surface area contributed by atoms with E-state index in [0.717, 1.165) is 0 Å². The smallest absolute Gasteiger partial charge is 0.222 e. The molecule has 1 heterocycles. The number of hydrogen-bond acceptors (Lipinski definition) is 4. The number of benzene rings is 1. The number of halogens is 2. The van der Waals surface area contributed by atoms with Crippen molar-refractivity contribution in [3.05, 3.63) is 28.5 Å². The summed E-state index contributed by atoms with van der Waals surface area (Å²) >= 11 is 3.09. The van der Waals surface area contributed by atoms with Crippen molar-refractivity contribution in [2.75, 3.05) is 12.8 Å². The Labute approximate surface area is 99.3 Å². The predicted octanol–water partition coefficient (Wildman–Crippen LogP) is 2.83. The Bertz CT molecular complexity index is 528. The molecule has 0 radical (unpaired) electrons. The summed E-state index contributed by atoms with van der Waals surface area (Å²) in [4.78, 5) is 0. The molecule has 6 heteroatoms. The van der Waals surface area contributed by atoms with Crippen LogP contribution in [-0.4, -0.2) is 12.3 Å². The van der Waals surface area contributed by atoms with E-state index in [4.69, 9.17) is 15.0 Å². The lowest BCUT2D eigenvalue weighted by Gasteiger charge is -2.06. The van der Waals surface area contributed by atoms with Gasteiger partial charge in [-0.15, -0.1) is 0 Å². The van der Waals surface area contributed by atoms with Gasteiger partial charge in [-0.3, -0.25) is 0 Å². The summed E-state index contributed by atoms with van der Waals surface area (Å²) in [5.74, 6) is 0.156. The molecule has 0 aliphatic rings. The molecule has 0 unspecified atom stereocenters. The van der Waals surface area contributed by atoms with Crippen LogP contribution in [0.25, 0.3) is 11.3 Å². The molecule has 0 saturated heterocycles. The normalized spacial score (nSPS) is 10.4. The Kier molecular flexibility index (Phi) is 2.82. The maximum atomic E-state index is 13.3. The van der Waals surface area contributed by atoms with Gasteiger partial charge in [-0.1, -0.05) is 5.16 Å². The molecule has 0 saturated carbocycles. The van der Waals surface area contributed by atoms with Gasteiger partial charge in [0.15, 0.2) is 0 Å². The number of methoxy groups -OCH3 is 1. The fraction of sp³-hybridized carbons (Fsp3) is 0.100. The number of nitrogens with zero attached hydrogens (tertiary/aromatic N) is 1. The van der Waals surface area contributed by atoms with E-state index in [1.807, 2.05) is 0 Å². The summed E-state index contributed by atoms with van der Waals surface area (Å²) in [6.45, 7) is 0. The fourth-order valence-corrected chi connectivity index (χ4v) is 1.66. The first-order valence-electron chi connectivity index (χ1n) is 4.37. The van der Waals surface area contributed by atoms with E-state index >= 15 is 0 Å². The van der Waals surface area contributed by atoms with Crippen LogP contribution in [0.5, 0.6) is 5.75 Å². The molecule has 0 aliphatic heterocycles. The van der Waals surface area contributed by atoms with Gasteiger partial charge in [0.2, 0.25) is 5.88 Å². The molecule has 0 aliphatic carbocycles. The first kappa shape index (κ1) is 10.9. The van der Waals surface area contributed by atoms with E-state index in [1.54, 1.807) is 12.1 Å². The molecular formula is C10H8BrFN2O2. The zero-order valence-electron chi connectivity index (χ0n) is 8.33. The Balaban J connectivity index is 2.59. The zero-order chi connectivity index (χ0) is 11.7. The number of anilines is 1. The maximum Gasteiger partial charge on any atom is 0.222 e. The van der Waals surface area contributed by atoms with Crippen molar-refractivity contribution in [2.45, 2.75) is 0 Å². The summed E-state index contributed by atoms with van der Waals surface area (Å²) in [5.41, 5.74) is 6.52. The highest BCUT2D eigenvalue weighted by Crippen LogP contribution is 2.34. The van der Waals surface area contributed by atoms with Crippen LogP contribution in [0.4, 0.5) is 10.3 Å². The zero-order valence-corrected chi connectivity index (χ0v) is 9.92. The third-order valence-electron chi connectivity index (χ3n) is 2.05. The second kappa shape index (κ2) is 4.13. The molecule has 0 atom stereocenters. The summed E-state index contributed by atoms with van der Waals surface area (Å²) in [6, 6.07) is 4.37. The number of rotatable bonds is 2. The number of hydrogen-bond donors (Lipinski definition) is 1. The fourth-order valence-electron chi connectivity index (χ4n) is 1.31. The van der Waals surface area contributed by atoms with Crippen LogP contribution in [0.3, 0.4) is 0 Å². The Morgan fingerprint density at radius 3 is 2.75 bits per heavy atom. The summed E-state index contributed by atoms with van der Waals surface area (Å²) in [7, 11) is 1.45. The highest BCUT2D eigenvalue weighted by atomic mass is 79.9. The van der Waals surface area contributed by atoms with Crippen LogP contribution in [0.2, 0.25) is 0 Å². The van der Waals surface area contributed by atoms with Crippen molar-refractivity contribution in [3.8, 4) is 17.0 Å². The highest BCUT2D eigenvalue weighted by Gasteiger charge is 2.13. The lowest BCUT2D eigenvalue weighted by molar-refractivity contribution is 0.410. The molecule has 0 amide bonds. The second-order valence-electron chi connectivity index (χ2n) is 3.08. The molecule has 2 aromatic rings. The Morgan fingerprint density at radius 1 is 1.44 bits per heavy atom. The van der Waals surface area contributed by atoms with Gasteiger partial charge in [0.25, 0.3) is 0 Å². The molecule has 0 spiro atoms. The van der Waals surface area contributed by atoms with E-state index < -0.39 is 5.82 Å². The minimum absolute atomic E-state index is 0.192. The molecule has 0 bridgehead atoms. The summed E-state index contributed by atoms with van der Waals surface area (Å²) in [5, 5.41) is 3.74. The average molecular weight is 287 g/mol. The lowest BCUT2D eigenvalue weighted by atomic mass is 10.1. The molecule has 0 fully saturated rings. The van der Waals surface area contributed by atoms with Gasteiger partial charge in [0.05, 0.1) is 11.6 Å². The third kappa shape index (κ3) is 1.88. The van der Waals surface area contributed by atoms with Crippen LogP contribution < -0.4 is 10.5 Å². The van der Waals surface area contributed by atoms with Crippen LogP contribution in [-0.2, 0) is 0 Å². The van der Waals surface area contributed by atoms with Crippen LogP contribution in [0.1, 0.15) is 0 Å². The van der Waals surface area contributed by atoms with Crippen molar-refractivity contribution in [2.24, 2.45) is 0 Å². The van der Waals surface area contributed by atoms with Crippen LogP contribution in [0.15, 0.2) is 27.2 Å². The minimum atomic E-state index is -0.405. The summed E-state index contributed by atoms with van der Waals surface area (Å²) in [6.07, 6.45) is 0. The Morgan fingerprint density at radius 2 is 2.19 bits per heavy atom. The largest absolute Gasteiger partial charge is 0.496 e. The monoisotopic (exact) mass is 286 g/mol. The van der Waals surface area contributed by atoms with E-state index in [-0.39, 0.29) is 5.88 Å². The van der Waals surface area contributed by atoms with Crippen molar-refractivity contribution < 1.29 is 13.7 Å². The molecular weight excluding hydrogens is 279 g/mol. The molecule has 84 valence electrons. The van der Waals surface area contributed by atoms with Gasteiger partial charge < -0.3 is 15.0 Å². The molecule has 16 heavy (non-hydrogen) atoms. The number of nitrogen functional groups attached to an aromatic ring is 1. The van der Waals surface area contributed by atoms with Crippen molar-refractivity contribution >= 4 is 21.8 Å². The van der Waals surface area contributed by atoms with Gasteiger partial charge in [0.1, 0.15) is 17.3 Å². The third-order valence-corrected chi connectivity index (χ3v) is 2.65. The SMILES string of the molecule is COc1cc(F)c(Br)cc1-c1cc(N)on1. The summed E-state index contributed by atoms with van der Waals surface area (Å²) < 4.78 is 23.4. The van der Waals surface area contributed by atoms with Crippen molar-refractivity contribution in [1.29, 1.82) is 0 Å². The topological polar surface area (TPSA) is 61.3 Å². The standard InChI is InChI=1S/C10H8BrFN2O2/c1-15-9-3-7(12)6(11)2-5(9)8-4-10(13)16-14-8/h2-4H,13H2,1H3. The molecule has 1 aromatic heterocycles. The van der Waals surface area contributed by atoms with Gasteiger partial charge in [0, 0.05) is 17.7 Å². The Hall–Kier alpha value is -1.56. The van der Waals surface area contributed by atoms with Crippen LogP contribution in [0, 0.1) is 5.82 Å². The molecule has 2 rings (SSSR count). The van der Waals surface area contributed by atoms with Crippen LogP contribution >= 0.6 is 15.9 Å². The number of ether oxygens (including phenoxy) is 1. The molecule has 4 nitrogen and oxygen atoms in total. The molecule has 1 aromatic carbocycles. The predicted molar refractivity (Wildman–Crippen MR) is 60.6 cm³/mol. The van der Waals surface area contributed by atoms with E-state index in [0.29, 0.717) is 21.5 Å². The van der Waals surface area contributed by atoms with Crippen molar-refractivity contribution in [3.63, 3.8) is 0 Å². The quantitative estimate of drug-likeness (QED) is 0.922. The van der Waals surface area contributed by atoms with E-state index in [1.165, 1.54) is 13.2 Å². The van der Waals surface area contributed by atoms with Crippen molar-refractivity contribution in [1.82, 2.24) is 5.16 Å². The van der Waals surface area contributed by atoms with Gasteiger partial charge in [-0.2, -0.15) is 0 Å². The van der Waals surface area contributed by atoms with E-state index in [2.05, 4.69) is 21.1 Å². The maximum absolute atomic E-state index is 13.3. The van der Waals surface area contributed by atoms with Gasteiger partial charge in [-0.25, -0.2) is 4.39 Å². The average Bonchev–Trinajstić information content (AvgIpc) is 2.68. The molecule has 2 N–H and O–H groups in total. The second-order valence-corrected chi connectivity index (χ2v) is 3.94. The number of nitrogens with two attached hydrogens (primary N) is 1.